The molecule has 5 nitrogen and oxygen atoms in total. The number of benzene rings is 1. The zero-order chi connectivity index (χ0) is 19.2. The molecule has 0 saturated carbocycles. The highest BCUT2D eigenvalue weighted by atomic mass is 32.2. The van der Waals surface area contributed by atoms with Crippen LogP contribution in [0.5, 0.6) is 0 Å². The van der Waals surface area contributed by atoms with Gasteiger partial charge in [0, 0.05) is 12.2 Å². The van der Waals surface area contributed by atoms with Gasteiger partial charge in [0.05, 0.1) is 11.3 Å². The van der Waals surface area contributed by atoms with Gasteiger partial charge in [0.2, 0.25) is 5.91 Å². The average molecular weight is 402 g/mol. The summed E-state index contributed by atoms with van der Waals surface area (Å²) in [6.45, 7) is 4.62. The number of carbonyl (C=O) groups excluding carboxylic acids is 1. The molecule has 142 valence electrons. The number of anilines is 1. The molecule has 0 spiro atoms. The van der Waals surface area contributed by atoms with Gasteiger partial charge in [0.25, 0.3) is 5.56 Å². The van der Waals surface area contributed by atoms with E-state index in [1.807, 2.05) is 30.5 Å². The molecule has 1 N–H and O–H groups in total. The molecule has 1 aromatic carbocycles. The Morgan fingerprint density at radius 3 is 2.70 bits per heavy atom. The Labute approximate surface area is 166 Å². The van der Waals surface area contributed by atoms with Crippen LogP contribution in [0.1, 0.15) is 32.3 Å². The molecule has 2 heterocycles. The van der Waals surface area contributed by atoms with Crippen LogP contribution < -0.4 is 10.9 Å². The zero-order valence-electron chi connectivity index (χ0n) is 15.5. The van der Waals surface area contributed by atoms with E-state index >= 15 is 0 Å². The van der Waals surface area contributed by atoms with Gasteiger partial charge in [0.1, 0.15) is 4.70 Å². The van der Waals surface area contributed by atoms with Crippen LogP contribution in [0.2, 0.25) is 0 Å². The number of aryl methyl sites for hydroxylation is 1. The standard InChI is InChI=1S/C20H23N3O2S2/c1-3-5-6-14-7-9-15(10-8-14)21-17(24)13-27-20-22-16-11-12-26-18(16)19(25)23(20)4-2/h7-12H,3-6,13H2,1-2H3,(H,21,24). The molecule has 0 unspecified atom stereocenters. The summed E-state index contributed by atoms with van der Waals surface area (Å²) in [6, 6.07) is 9.82. The SMILES string of the molecule is CCCCc1ccc(NC(=O)CSc2nc3ccsc3c(=O)n2CC)cc1. The number of thioether (sulfide) groups is 1. The molecule has 0 bridgehead atoms. The van der Waals surface area contributed by atoms with Crippen molar-refractivity contribution in [2.45, 2.75) is 44.8 Å². The Bertz CT molecular complexity index is 977. The van der Waals surface area contributed by atoms with Gasteiger partial charge in [-0.25, -0.2) is 4.98 Å². The minimum atomic E-state index is -0.108. The van der Waals surface area contributed by atoms with Gasteiger partial charge in [-0.15, -0.1) is 11.3 Å². The van der Waals surface area contributed by atoms with Crippen LogP contribution in [-0.4, -0.2) is 21.2 Å². The number of thiophene rings is 1. The van der Waals surface area contributed by atoms with Gasteiger partial charge >= 0.3 is 0 Å². The predicted molar refractivity (Wildman–Crippen MR) is 114 cm³/mol. The summed E-state index contributed by atoms with van der Waals surface area (Å²) in [4.78, 5) is 29.3. The molecule has 0 atom stereocenters. The first-order valence-electron chi connectivity index (χ1n) is 9.12. The Hall–Kier alpha value is -2.12. The molecule has 1 amide bonds. The largest absolute Gasteiger partial charge is 0.325 e. The van der Waals surface area contributed by atoms with Gasteiger partial charge in [-0.1, -0.05) is 37.2 Å². The summed E-state index contributed by atoms with van der Waals surface area (Å²) >= 11 is 2.69. The van der Waals surface area contributed by atoms with Crippen molar-refractivity contribution in [2.75, 3.05) is 11.1 Å². The molecule has 7 heteroatoms. The van der Waals surface area contributed by atoms with Crippen LogP contribution in [0.4, 0.5) is 5.69 Å². The topological polar surface area (TPSA) is 64.0 Å². The predicted octanol–water partition coefficient (Wildman–Crippen LogP) is 4.55. The van der Waals surface area contributed by atoms with Crippen LogP contribution in [0, 0.1) is 0 Å². The van der Waals surface area contributed by atoms with Crippen molar-refractivity contribution < 1.29 is 4.79 Å². The van der Waals surface area contributed by atoms with Crippen LogP contribution in [0.15, 0.2) is 45.7 Å². The number of rotatable bonds is 8. The van der Waals surface area contributed by atoms with Crippen molar-refractivity contribution in [3.05, 3.63) is 51.6 Å². The van der Waals surface area contributed by atoms with Crippen LogP contribution >= 0.6 is 23.1 Å². The quantitative estimate of drug-likeness (QED) is 0.444. The monoisotopic (exact) mass is 401 g/mol. The summed E-state index contributed by atoms with van der Waals surface area (Å²) in [5, 5.41) is 5.35. The molecule has 27 heavy (non-hydrogen) atoms. The fourth-order valence-electron chi connectivity index (χ4n) is 2.78. The van der Waals surface area contributed by atoms with Gasteiger partial charge in [-0.3, -0.25) is 14.2 Å². The zero-order valence-corrected chi connectivity index (χ0v) is 17.2. The lowest BCUT2D eigenvalue weighted by molar-refractivity contribution is -0.113. The maximum atomic E-state index is 12.5. The molecular formula is C20H23N3O2S2. The molecule has 2 aromatic heterocycles. The maximum Gasteiger partial charge on any atom is 0.272 e. The first-order chi connectivity index (χ1) is 13.1. The molecule has 0 aliphatic rings. The number of hydrogen-bond donors (Lipinski definition) is 1. The van der Waals surface area contributed by atoms with Crippen molar-refractivity contribution in [1.29, 1.82) is 0 Å². The smallest absolute Gasteiger partial charge is 0.272 e. The van der Waals surface area contributed by atoms with Crippen molar-refractivity contribution in [3.63, 3.8) is 0 Å². The van der Waals surface area contributed by atoms with E-state index in [1.54, 1.807) is 4.57 Å². The molecule has 0 aliphatic carbocycles. The minimum absolute atomic E-state index is 0.0388. The third-order valence-electron chi connectivity index (χ3n) is 4.24. The summed E-state index contributed by atoms with van der Waals surface area (Å²) in [5.74, 6) is 0.100. The number of amides is 1. The van der Waals surface area contributed by atoms with Crippen molar-refractivity contribution in [2.24, 2.45) is 0 Å². The fourth-order valence-corrected chi connectivity index (χ4v) is 4.42. The maximum absolute atomic E-state index is 12.5. The lowest BCUT2D eigenvalue weighted by atomic mass is 10.1. The molecule has 0 radical (unpaired) electrons. The Kier molecular flexibility index (Phi) is 6.68. The Balaban J connectivity index is 1.64. The van der Waals surface area contributed by atoms with Gasteiger partial charge in [-0.2, -0.15) is 0 Å². The first kappa shape index (κ1) is 19.6. The van der Waals surface area contributed by atoms with Crippen molar-refractivity contribution in [3.8, 4) is 0 Å². The van der Waals surface area contributed by atoms with Crippen LogP contribution in [0.3, 0.4) is 0 Å². The van der Waals surface area contributed by atoms with Crippen LogP contribution in [-0.2, 0) is 17.8 Å². The summed E-state index contributed by atoms with van der Waals surface area (Å²) in [6.07, 6.45) is 3.40. The molecular weight excluding hydrogens is 378 g/mol. The summed E-state index contributed by atoms with van der Waals surface area (Å²) < 4.78 is 2.29. The lowest BCUT2D eigenvalue weighted by Gasteiger charge is -2.10. The van der Waals surface area contributed by atoms with Crippen molar-refractivity contribution in [1.82, 2.24) is 9.55 Å². The average Bonchev–Trinajstić information content (AvgIpc) is 3.15. The molecule has 0 saturated heterocycles. The number of nitrogens with zero attached hydrogens (tertiary/aromatic N) is 2. The number of carbonyl (C=O) groups is 1. The van der Waals surface area contributed by atoms with E-state index in [-0.39, 0.29) is 17.2 Å². The van der Waals surface area contributed by atoms with E-state index < -0.39 is 0 Å². The highest BCUT2D eigenvalue weighted by Crippen LogP contribution is 2.21. The third kappa shape index (κ3) is 4.78. The third-order valence-corrected chi connectivity index (χ3v) is 6.10. The number of nitrogens with one attached hydrogen (secondary N) is 1. The van der Waals surface area contributed by atoms with E-state index in [0.717, 1.165) is 12.1 Å². The van der Waals surface area contributed by atoms with E-state index in [2.05, 4.69) is 29.4 Å². The highest BCUT2D eigenvalue weighted by molar-refractivity contribution is 7.99. The minimum Gasteiger partial charge on any atom is -0.325 e. The normalized spacial score (nSPS) is 11.0. The summed E-state index contributed by atoms with van der Waals surface area (Å²) in [7, 11) is 0. The second kappa shape index (κ2) is 9.19. The number of aromatic nitrogens is 2. The number of unbranched alkanes of at least 4 members (excludes halogenated alkanes) is 1. The molecule has 0 aliphatic heterocycles. The van der Waals surface area contributed by atoms with Gasteiger partial charge in [0.15, 0.2) is 5.16 Å². The first-order valence-corrected chi connectivity index (χ1v) is 11.0. The van der Waals surface area contributed by atoms with Crippen LogP contribution in [0.25, 0.3) is 10.2 Å². The van der Waals surface area contributed by atoms with Gasteiger partial charge in [-0.05, 0) is 48.9 Å². The van der Waals surface area contributed by atoms with Gasteiger partial charge < -0.3 is 5.32 Å². The Morgan fingerprint density at radius 2 is 2.00 bits per heavy atom. The molecule has 3 rings (SSSR count). The Morgan fingerprint density at radius 1 is 1.22 bits per heavy atom. The fraction of sp³-hybridized carbons (Fsp3) is 0.350. The molecule has 3 aromatic rings. The van der Waals surface area contributed by atoms with E-state index in [1.165, 1.54) is 41.5 Å². The number of hydrogen-bond acceptors (Lipinski definition) is 5. The second-order valence-electron chi connectivity index (χ2n) is 6.22. The summed E-state index contributed by atoms with van der Waals surface area (Å²) in [5.41, 5.74) is 2.72. The van der Waals surface area contributed by atoms with E-state index in [9.17, 15) is 9.59 Å². The van der Waals surface area contributed by atoms with Crippen molar-refractivity contribution >= 4 is 44.9 Å². The van der Waals surface area contributed by atoms with E-state index in [4.69, 9.17) is 0 Å². The second-order valence-corrected chi connectivity index (χ2v) is 8.07. The lowest BCUT2D eigenvalue weighted by Crippen LogP contribution is -2.22. The highest BCUT2D eigenvalue weighted by Gasteiger charge is 2.13. The number of fused-ring (bicyclic) bond motifs is 1. The van der Waals surface area contributed by atoms with E-state index in [0.29, 0.717) is 21.9 Å². The molecule has 0 fully saturated rings.